The number of pyridine rings is 2. The molecule has 2 saturated heterocycles. The quantitative estimate of drug-likeness (QED) is 0.167. The standard InChI is InChI=1S/C36H42N10/c1-2-20-43(19-1)35-13-9-31(10-14-35)37-39-33-7-5-17-41(29-33)23-25-45-27-28-46(45)26-24-42-18-6-8-34(30-42)40-38-32-11-15-36(16-12-32)44-21-3-4-22-44/h5-18,27-30H,1-4,19-26H2/q+2/p+1. The highest BCUT2D eigenvalue weighted by Gasteiger charge is 2.25. The Morgan fingerprint density at radius 1 is 0.565 bits per heavy atom. The first-order valence-electron chi connectivity index (χ1n) is 16.6. The van der Waals surface area contributed by atoms with Crippen LogP contribution in [0.25, 0.3) is 0 Å². The van der Waals surface area contributed by atoms with Crippen molar-refractivity contribution in [2.45, 2.75) is 38.8 Å². The van der Waals surface area contributed by atoms with Gasteiger partial charge in [-0.05, 0) is 86.3 Å². The summed E-state index contributed by atoms with van der Waals surface area (Å²) in [5, 5.41) is 21.6. The highest BCUT2D eigenvalue weighted by Crippen LogP contribution is 2.25. The van der Waals surface area contributed by atoms with Crippen molar-refractivity contribution in [3.8, 4) is 0 Å². The summed E-state index contributed by atoms with van der Waals surface area (Å²) in [6, 6.07) is 24.9. The molecule has 2 fully saturated rings. The predicted octanol–water partition coefficient (Wildman–Crippen LogP) is 5.58. The molecule has 10 heteroatoms. The third kappa shape index (κ3) is 7.63. The SMILES string of the molecule is C1=C[NH+](CC[n+]2cccc(N=Nc3ccc(N4CCCC4)cc3)c2)N1CC[n+]1cccc(N=Nc2ccc(N3CCCC3)cc2)c1. The summed E-state index contributed by atoms with van der Waals surface area (Å²) in [4.78, 5) is 4.86. The van der Waals surface area contributed by atoms with Gasteiger partial charge in [0.15, 0.2) is 44.4 Å². The smallest absolute Gasteiger partial charge is 0.199 e. The maximum Gasteiger partial charge on any atom is 0.199 e. The van der Waals surface area contributed by atoms with Crippen molar-refractivity contribution in [2.24, 2.45) is 20.5 Å². The maximum absolute atomic E-state index is 4.50. The Balaban J connectivity index is 0.869. The van der Waals surface area contributed by atoms with E-state index in [-0.39, 0.29) is 0 Å². The average molecular weight is 616 g/mol. The van der Waals surface area contributed by atoms with E-state index in [1.54, 1.807) is 0 Å². The predicted molar refractivity (Wildman–Crippen MR) is 179 cm³/mol. The number of azo groups is 2. The van der Waals surface area contributed by atoms with Crippen molar-refractivity contribution < 1.29 is 14.1 Å². The van der Waals surface area contributed by atoms with Crippen LogP contribution in [0.15, 0.2) is 130 Å². The zero-order chi connectivity index (χ0) is 31.0. The molecular weight excluding hydrogens is 572 g/mol. The van der Waals surface area contributed by atoms with Gasteiger partial charge in [-0.1, -0.05) is 0 Å². The molecule has 1 unspecified atom stereocenters. The Morgan fingerprint density at radius 3 is 1.52 bits per heavy atom. The lowest BCUT2D eigenvalue weighted by atomic mass is 10.2. The number of nitrogens with one attached hydrogen (secondary N) is 1. The zero-order valence-electron chi connectivity index (χ0n) is 26.4. The molecule has 2 aromatic heterocycles. The molecular formula is C36H43N10+3. The Morgan fingerprint density at radius 2 is 1.04 bits per heavy atom. The minimum Gasteiger partial charge on any atom is -0.372 e. The van der Waals surface area contributed by atoms with Gasteiger partial charge in [0.1, 0.15) is 30.3 Å². The summed E-state index contributed by atoms with van der Waals surface area (Å²) < 4.78 is 4.36. The van der Waals surface area contributed by atoms with Gasteiger partial charge in [-0.15, -0.1) is 10.2 Å². The maximum atomic E-state index is 4.50. The molecule has 0 aliphatic carbocycles. The van der Waals surface area contributed by atoms with E-state index < -0.39 is 0 Å². The van der Waals surface area contributed by atoms with Crippen LogP contribution in [0.5, 0.6) is 0 Å². The first kappa shape index (κ1) is 29.7. The van der Waals surface area contributed by atoms with Gasteiger partial charge in [0.2, 0.25) is 0 Å². The van der Waals surface area contributed by atoms with Gasteiger partial charge < -0.3 is 9.80 Å². The van der Waals surface area contributed by atoms with Crippen LogP contribution >= 0.6 is 0 Å². The molecule has 0 spiro atoms. The molecule has 1 N–H and O–H groups in total. The summed E-state index contributed by atoms with van der Waals surface area (Å²) >= 11 is 0. The van der Waals surface area contributed by atoms with Crippen molar-refractivity contribution in [3.63, 3.8) is 0 Å². The minimum absolute atomic E-state index is 0.849. The van der Waals surface area contributed by atoms with Crippen LogP contribution in [0.2, 0.25) is 0 Å². The van der Waals surface area contributed by atoms with E-state index in [1.807, 2.05) is 24.3 Å². The van der Waals surface area contributed by atoms with Gasteiger partial charge >= 0.3 is 0 Å². The summed E-state index contributed by atoms with van der Waals surface area (Å²) in [5.41, 5.74) is 5.99. The molecule has 3 aliphatic rings. The highest BCUT2D eigenvalue weighted by molar-refractivity contribution is 5.54. The molecule has 0 bridgehead atoms. The molecule has 0 amide bonds. The van der Waals surface area contributed by atoms with Gasteiger partial charge in [0.25, 0.3) is 0 Å². The molecule has 3 aliphatic heterocycles. The first-order valence-corrected chi connectivity index (χ1v) is 16.6. The van der Waals surface area contributed by atoms with Crippen molar-refractivity contribution in [1.29, 1.82) is 0 Å². The summed E-state index contributed by atoms with van der Waals surface area (Å²) in [5.74, 6) is 0. The van der Waals surface area contributed by atoms with E-state index in [2.05, 4.69) is 130 Å². The number of anilines is 2. The lowest BCUT2D eigenvalue weighted by Gasteiger charge is -2.31. The minimum atomic E-state index is 0.849. The Labute approximate surface area is 271 Å². The number of hydrogen-bond acceptors (Lipinski definition) is 7. The third-order valence-corrected chi connectivity index (χ3v) is 8.93. The van der Waals surface area contributed by atoms with Gasteiger partial charge in [-0.25, -0.2) is 9.58 Å². The van der Waals surface area contributed by atoms with Crippen molar-refractivity contribution >= 4 is 34.1 Å². The summed E-state index contributed by atoms with van der Waals surface area (Å²) in [7, 11) is 0. The third-order valence-electron chi connectivity index (χ3n) is 8.93. The molecule has 0 radical (unpaired) electrons. The van der Waals surface area contributed by atoms with E-state index in [4.69, 9.17) is 0 Å². The number of benzene rings is 2. The molecule has 2 aromatic carbocycles. The summed E-state index contributed by atoms with van der Waals surface area (Å²) in [6.45, 7) is 8.19. The molecule has 7 rings (SSSR count). The fourth-order valence-electron chi connectivity index (χ4n) is 6.25. The van der Waals surface area contributed by atoms with Crippen LogP contribution < -0.4 is 23.9 Å². The largest absolute Gasteiger partial charge is 0.372 e. The van der Waals surface area contributed by atoms with Gasteiger partial charge in [-0.3, -0.25) is 0 Å². The Bertz CT molecular complexity index is 1550. The van der Waals surface area contributed by atoms with Crippen LogP contribution in [-0.4, -0.2) is 44.3 Å². The number of rotatable bonds is 12. The van der Waals surface area contributed by atoms with Crippen molar-refractivity contribution in [3.05, 3.63) is 110 Å². The van der Waals surface area contributed by atoms with Gasteiger partial charge in [0, 0.05) is 49.7 Å². The normalized spacial score (nSPS) is 17.9. The number of hydrogen-bond donors (Lipinski definition) is 1. The molecule has 46 heavy (non-hydrogen) atoms. The van der Waals surface area contributed by atoms with Crippen LogP contribution in [0.4, 0.5) is 34.1 Å². The van der Waals surface area contributed by atoms with Crippen molar-refractivity contribution in [1.82, 2.24) is 5.01 Å². The van der Waals surface area contributed by atoms with E-state index >= 15 is 0 Å². The second-order valence-corrected chi connectivity index (χ2v) is 12.2. The highest BCUT2D eigenvalue weighted by atomic mass is 15.7. The van der Waals surface area contributed by atoms with E-state index in [1.165, 1.54) is 42.1 Å². The number of aromatic nitrogens is 2. The average Bonchev–Trinajstić information content (AvgIpc) is 3.83. The summed E-state index contributed by atoms with van der Waals surface area (Å²) in [6.07, 6.45) is 17.8. The van der Waals surface area contributed by atoms with Crippen LogP contribution in [0, 0.1) is 0 Å². The Hall–Kier alpha value is -4.96. The zero-order valence-corrected chi connectivity index (χ0v) is 26.4. The lowest BCUT2D eigenvalue weighted by Crippen LogP contribution is -3.18. The van der Waals surface area contributed by atoms with Crippen molar-refractivity contribution in [2.75, 3.05) is 49.1 Å². The molecule has 234 valence electrons. The molecule has 5 heterocycles. The van der Waals surface area contributed by atoms with E-state index in [0.717, 1.165) is 75.1 Å². The topological polar surface area (TPSA) is 71.4 Å². The van der Waals surface area contributed by atoms with E-state index in [0.29, 0.717) is 0 Å². The lowest BCUT2D eigenvalue weighted by molar-refractivity contribution is -0.999. The molecule has 0 saturated carbocycles. The van der Waals surface area contributed by atoms with Crippen LogP contribution in [0.3, 0.4) is 0 Å². The molecule has 4 aromatic rings. The first-order chi connectivity index (χ1) is 22.7. The Kier molecular flexibility index (Phi) is 9.33. The second kappa shape index (κ2) is 14.4. The monoisotopic (exact) mass is 615 g/mol. The van der Waals surface area contributed by atoms with E-state index in [9.17, 15) is 0 Å². The molecule has 1 atom stereocenters. The fraction of sp³-hybridized carbons (Fsp3) is 0.333. The second-order valence-electron chi connectivity index (χ2n) is 12.2. The van der Waals surface area contributed by atoms with Crippen LogP contribution in [0.1, 0.15) is 25.7 Å². The molecule has 10 nitrogen and oxygen atoms in total. The number of quaternary nitrogens is 1. The number of nitrogens with zero attached hydrogens (tertiary/aromatic N) is 9. The van der Waals surface area contributed by atoms with Gasteiger partial charge in [0.05, 0.1) is 11.4 Å². The van der Waals surface area contributed by atoms with Crippen LogP contribution in [-0.2, 0) is 13.1 Å². The van der Waals surface area contributed by atoms with Gasteiger partial charge in [-0.2, -0.15) is 19.8 Å². The fourth-order valence-corrected chi connectivity index (χ4v) is 6.25.